The van der Waals surface area contributed by atoms with Crippen LogP contribution in [-0.2, 0) is 16.8 Å². The van der Waals surface area contributed by atoms with E-state index < -0.39 is 0 Å². The molecule has 0 aliphatic rings. The zero-order valence-electron chi connectivity index (χ0n) is 12.2. The van der Waals surface area contributed by atoms with E-state index in [1.165, 1.54) is 16.7 Å². The third kappa shape index (κ3) is 4.41. The van der Waals surface area contributed by atoms with Crippen LogP contribution >= 0.6 is 31.9 Å². The molecular formula is C18H20Br2O. The molecule has 3 heteroatoms. The second-order valence-electron chi connectivity index (χ2n) is 5.40. The lowest BCUT2D eigenvalue weighted by Gasteiger charge is -2.30. The van der Waals surface area contributed by atoms with Gasteiger partial charge in [-0.3, -0.25) is 0 Å². The Morgan fingerprint density at radius 3 is 2.29 bits per heavy atom. The lowest BCUT2D eigenvalue weighted by Crippen LogP contribution is -2.35. The standard InChI is InChI=1S/C18H20Br2O/c1-15-6-5-9-17(10-15)18(12-19,13-20)14-21-11-16-7-3-2-4-8-16/h2-10H,11-14H2,1H3. The lowest BCUT2D eigenvalue weighted by molar-refractivity contribution is 0.0862. The molecule has 0 aliphatic carbocycles. The summed E-state index contributed by atoms with van der Waals surface area (Å²) in [6.45, 7) is 3.46. The van der Waals surface area contributed by atoms with Crippen molar-refractivity contribution >= 4 is 31.9 Å². The highest BCUT2D eigenvalue weighted by molar-refractivity contribution is 9.09. The van der Waals surface area contributed by atoms with Crippen molar-refractivity contribution in [1.82, 2.24) is 0 Å². The van der Waals surface area contributed by atoms with Crippen molar-refractivity contribution < 1.29 is 4.74 Å². The fourth-order valence-electron chi connectivity index (χ4n) is 2.26. The molecule has 2 rings (SSSR count). The summed E-state index contributed by atoms with van der Waals surface area (Å²) in [4.78, 5) is 0. The molecule has 21 heavy (non-hydrogen) atoms. The molecule has 2 aromatic carbocycles. The minimum atomic E-state index is -0.0409. The fourth-order valence-corrected chi connectivity index (χ4v) is 4.16. The summed E-state index contributed by atoms with van der Waals surface area (Å²) in [5.74, 6) is 0. The third-order valence-electron chi connectivity index (χ3n) is 3.63. The smallest absolute Gasteiger partial charge is 0.0717 e. The molecule has 0 amide bonds. The molecular weight excluding hydrogens is 392 g/mol. The van der Waals surface area contributed by atoms with E-state index in [2.05, 4.69) is 75.2 Å². The molecule has 0 unspecified atom stereocenters. The van der Waals surface area contributed by atoms with Gasteiger partial charge in [0.05, 0.1) is 13.2 Å². The van der Waals surface area contributed by atoms with Gasteiger partial charge >= 0.3 is 0 Å². The summed E-state index contributed by atoms with van der Waals surface area (Å²) in [6, 6.07) is 19.0. The van der Waals surface area contributed by atoms with Gasteiger partial charge in [0.15, 0.2) is 0 Å². The Bertz CT molecular complexity index is 550. The molecule has 0 radical (unpaired) electrons. The SMILES string of the molecule is Cc1cccc(C(CBr)(CBr)COCc2ccccc2)c1. The van der Waals surface area contributed by atoms with Crippen LogP contribution in [0.2, 0.25) is 0 Å². The van der Waals surface area contributed by atoms with Crippen molar-refractivity contribution in [2.45, 2.75) is 18.9 Å². The molecule has 0 saturated carbocycles. The highest BCUT2D eigenvalue weighted by atomic mass is 79.9. The van der Waals surface area contributed by atoms with Crippen LogP contribution in [0.1, 0.15) is 16.7 Å². The first-order chi connectivity index (χ1) is 10.2. The number of benzene rings is 2. The van der Waals surface area contributed by atoms with Crippen molar-refractivity contribution in [1.29, 1.82) is 0 Å². The second-order valence-corrected chi connectivity index (χ2v) is 6.52. The van der Waals surface area contributed by atoms with Gasteiger partial charge in [-0.2, -0.15) is 0 Å². The van der Waals surface area contributed by atoms with Crippen molar-refractivity contribution in [3.8, 4) is 0 Å². The summed E-state index contributed by atoms with van der Waals surface area (Å²) in [6.07, 6.45) is 0. The zero-order valence-corrected chi connectivity index (χ0v) is 15.4. The Labute approximate surface area is 144 Å². The van der Waals surface area contributed by atoms with E-state index in [1.54, 1.807) is 0 Å². The first-order valence-corrected chi connectivity index (χ1v) is 9.25. The minimum Gasteiger partial charge on any atom is -0.376 e. The normalized spacial score (nSPS) is 11.6. The molecule has 1 nitrogen and oxygen atoms in total. The average molecular weight is 412 g/mol. The maximum Gasteiger partial charge on any atom is 0.0717 e. The molecule has 0 heterocycles. The number of ether oxygens (including phenoxy) is 1. The lowest BCUT2D eigenvalue weighted by atomic mass is 9.84. The van der Waals surface area contributed by atoms with E-state index >= 15 is 0 Å². The summed E-state index contributed by atoms with van der Waals surface area (Å²) < 4.78 is 6.00. The Morgan fingerprint density at radius 1 is 0.952 bits per heavy atom. The fraction of sp³-hybridized carbons (Fsp3) is 0.333. The van der Waals surface area contributed by atoms with Crippen LogP contribution in [0.4, 0.5) is 0 Å². The summed E-state index contributed by atoms with van der Waals surface area (Å²) in [5.41, 5.74) is 3.76. The van der Waals surface area contributed by atoms with E-state index in [0.717, 1.165) is 10.7 Å². The van der Waals surface area contributed by atoms with Gasteiger partial charge in [0.2, 0.25) is 0 Å². The van der Waals surface area contributed by atoms with Crippen molar-refractivity contribution in [2.24, 2.45) is 0 Å². The van der Waals surface area contributed by atoms with Gasteiger partial charge in [-0.25, -0.2) is 0 Å². The topological polar surface area (TPSA) is 9.23 Å². The summed E-state index contributed by atoms with van der Waals surface area (Å²) >= 11 is 7.34. The minimum absolute atomic E-state index is 0.0409. The number of aryl methyl sites for hydroxylation is 1. The zero-order chi connectivity index (χ0) is 15.1. The van der Waals surface area contributed by atoms with Crippen LogP contribution in [0.25, 0.3) is 0 Å². The third-order valence-corrected chi connectivity index (χ3v) is 5.78. The van der Waals surface area contributed by atoms with Crippen molar-refractivity contribution in [3.63, 3.8) is 0 Å². The average Bonchev–Trinajstić information content (AvgIpc) is 2.53. The van der Waals surface area contributed by atoms with Gasteiger partial charge in [0.1, 0.15) is 0 Å². The Kier molecular flexibility index (Phi) is 6.46. The maximum atomic E-state index is 6.00. The van der Waals surface area contributed by atoms with E-state index in [0.29, 0.717) is 13.2 Å². The second kappa shape index (κ2) is 8.11. The van der Waals surface area contributed by atoms with Crippen molar-refractivity contribution in [2.75, 3.05) is 17.3 Å². The molecule has 112 valence electrons. The van der Waals surface area contributed by atoms with Crippen LogP contribution in [0.3, 0.4) is 0 Å². The number of hydrogen-bond donors (Lipinski definition) is 0. The quantitative estimate of drug-likeness (QED) is 0.566. The van der Waals surface area contributed by atoms with Crippen LogP contribution in [0.15, 0.2) is 54.6 Å². The van der Waals surface area contributed by atoms with Gasteiger partial charge in [0.25, 0.3) is 0 Å². The van der Waals surface area contributed by atoms with Crippen LogP contribution < -0.4 is 0 Å². The molecule has 0 atom stereocenters. The van der Waals surface area contributed by atoms with Gasteiger partial charge in [-0.15, -0.1) is 0 Å². The Hall–Kier alpha value is -0.640. The predicted octanol–water partition coefficient (Wildman–Crippen LogP) is 5.24. The molecule has 0 spiro atoms. The Morgan fingerprint density at radius 2 is 1.67 bits per heavy atom. The summed E-state index contributed by atoms with van der Waals surface area (Å²) in [5, 5.41) is 1.73. The van der Waals surface area contributed by atoms with Gasteiger partial charge < -0.3 is 4.74 Å². The molecule has 0 N–H and O–H groups in total. The van der Waals surface area contributed by atoms with Crippen molar-refractivity contribution in [3.05, 3.63) is 71.3 Å². The van der Waals surface area contributed by atoms with Crippen LogP contribution in [0, 0.1) is 6.92 Å². The molecule has 0 saturated heterocycles. The number of halogens is 2. The molecule has 0 fully saturated rings. The number of rotatable bonds is 7. The number of hydrogen-bond acceptors (Lipinski definition) is 1. The molecule has 0 aliphatic heterocycles. The predicted molar refractivity (Wildman–Crippen MR) is 96.5 cm³/mol. The number of alkyl halides is 2. The first kappa shape index (κ1) is 16.7. The van der Waals surface area contributed by atoms with E-state index in [9.17, 15) is 0 Å². The maximum absolute atomic E-state index is 6.00. The molecule has 0 bridgehead atoms. The van der Waals surface area contributed by atoms with Crippen LogP contribution in [0.5, 0.6) is 0 Å². The summed E-state index contributed by atoms with van der Waals surface area (Å²) in [7, 11) is 0. The highest BCUT2D eigenvalue weighted by Gasteiger charge is 2.30. The van der Waals surface area contributed by atoms with Gasteiger partial charge in [-0.1, -0.05) is 92.0 Å². The Balaban J connectivity index is 2.08. The van der Waals surface area contributed by atoms with Gasteiger partial charge in [0, 0.05) is 16.1 Å². The molecule has 2 aromatic rings. The molecule has 0 aromatic heterocycles. The first-order valence-electron chi connectivity index (χ1n) is 7.01. The van der Waals surface area contributed by atoms with Gasteiger partial charge in [-0.05, 0) is 18.1 Å². The van der Waals surface area contributed by atoms with E-state index in [-0.39, 0.29) is 5.41 Å². The van der Waals surface area contributed by atoms with Crippen LogP contribution in [-0.4, -0.2) is 17.3 Å². The largest absolute Gasteiger partial charge is 0.376 e. The van der Waals surface area contributed by atoms with E-state index in [1.807, 2.05) is 18.2 Å². The monoisotopic (exact) mass is 410 g/mol. The van der Waals surface area contributed by atoms with E-state index in [4.69, 9.17) is 4.74 Å². The highest BCUT2D eigenvalue weighted by Crippen LogP contribution is 2.30.